The topological polar surface area (TPSA) is 55.6 Å². The van der Waals surface area contributed by atoms with Crippen molar-refractivity contribution in [3.63, 3.8) is 0 Å². The van der Waals surface area contributed by atoms with Gasteiger partial charge in [-0.15, -0.1) is 0 Å². The van der Waals surface area contributed by atoms with E-state index < -0.39 is 23.7 Å². The van der Waals surface area contributed by atoms with Crippen LogP contribution >= 0.6 is 0 Å². The molecule has 2 atom stereocenters. The van der Waals surface area contributed by atoms with Crippen molar-refractivity contribution in [1.29, 1.82) is 0 Å². The van der Waals surface area contributed by atoms with Crippen LogP contribution in [0.1, 0.15) is 60.8 Å². The van der Waals surface area contributed by atoms with Crippen LogP contribution in [0, 0.1) is 5.41 Å². The molecule has 1 saturated heterocycles. The number of ether oxygens (including phenoxy) is 1. The van der Waals surface area contributed by atoms with E-state index in [1.165, 1.54) is 6.92 Å². The molecule has 2 unspecified atom stereocenters. The molecule has 1 fully saturated rings. The quantitative estimate of drug-likeness (QED) is 0.861. The van der Waals surface area contributed by atoms with Gasteiger partial charge in [0.25, 0.3) is 6.43 Å². The molecule has 1 amide bonds. The third-order valence-electron chi connectivity index (χ3n) is 4.00. The van der Waals surface area contributed by atoms with Crippen LogP contribution in [0.4, 0.5) is 13.6 Å². The van der Waals surface area contributed by atoms with Gasteiger partial charge in [0.1, 0.15) is 5.60 Å². The maximum atomic E-state index is 13.1. The minimum atomic E-state index is -2.62. The lowest BCUT2D eigenvalue weighted by molar-refractivity contribution is -0.0222. The second kappa shape index (κ2) is 6.30. The van der Waals surface area contributed by atoms with Gasteiger partial charge in [-0.25, -0.2) is 13.6 Å². The Hall–Kier alpha value is -0.910. The van der Waals surface area contributed by atoms with Crippen LogP contribution in [0.25, 0.3) is 0 Å². The first-order valence-electron chi connectivity index (χ1n) is 7.80. The Labute approximate surface area is 132 Å². The van der Waals surface area contributed by atoms with Gasteiger partial charge in [0.15, 0.2) is 0 Å². The van der Waals surface area contributed by atoms with Gasteiger partial charge in [0.05, 0.1) is 5.54 Å². The molecule has 0 saturated carbocycles. The largest absolute Gasteiger partial charge is 0.444 e. The lowest BCUT2D eigenvalue weighted by Gasteiger charge is -2.45. The number of rotatable bonds is 3. The van der Waals surface area contributed by atoms with Crippen LogP contribution in [0.15, 0.2) is 0 Å². The lowest BCUT2D eigenvalue weighted by Crippen LogP contribution is -2.56. The summed E-state index contributed by atoms with van der Waals surface area (Å²) in [5.74, 6) is 0. The predicted octanol–water partition coefficient (Wildman–Crippen LogP) is 3.78. The van der Waals surface area contributed by atoms with E-state index in [1.807, 2.05) is 0 Å². The van der Waals surface area contributed by atoms with Gasteiger partial charge in [0.2, 0.25) is 0 Å². The SMILES string of the molecule is CC1(C)CCC(CC(C)(N)C(F)F)N(C(=O)OC(C)(C)C)C1. The first-order chi connectivity index (χ1) is 9.73. The molecule has 0 spiro atoms. The zero-order valence-corrected chi connectivity index (χ0v) is 14.6. The molecule has 2 N–H and O–H groups in total. The van der Waals surface area contributed by atoms with Crippen molar-refractivity contribution in [3.05, 3.63) is 0 Å². The maximum Gasteiger partial charge on any atom is 0.410 e. The van der Waals surface area contributed by atoms with Gasteiger partial charge in [-0.2, -0.15) is 0 Å². The number of piperidine rings is 1. The van der Waals surface area contributed by atoms with E-state index in [0.29, 0.717) is 13.0 Å². The minimum absolute atomic E-state index is 0.0523. The molecule has 1 heterocycles. The molecule has 0 aromatic rings. The zero-order valence-electron chi connectivity index (χ0n) is 14.6. The smallest absolute Gasteiger partial charge is 0.410 e. The fraction of sp³-hybridized carbons (Fsp3) is 0.938. The Morgan fingerprint density at radius 1 is 1.36 bits per heavy atom. The summed E-state index contributed by atoms with van der Waals surface area (Å²) in [5, 5.41) is 0. The molecule has 0 bridgehead atoms. The van der Waals surface area contributed by atoms with Gasteiger partial charge >= 0.3 is 6.09 Å². The van der Waals surface area contributed by atoms with E-state index in [2.05, 4.69) is 13.8 Å². The molecule has 0 aromatic heterocycles. The molecule has 22 heavy (non-hydrogen) atoms. The molecule has 4 nitrogen and oxygen atoms in total. The molecule has 6 heteroatoms. The lowest BCUT2D eigenvalue weighted by atomic mass is 9.78. The van der Waals surface area contributed by atoms with E-state index in [1.54, 1.807) is 25.7 Å². The molecular formula is C16H30F2N2O2. The Balaban J connectivity index is 2.91. The van der Waals surface area contributed by atoms with E-state index in [4.69, 9.17) is 10.5 Å². The number of carbonyl (C=O) groups is 1. The molecule has 1 aliphatic heterocycles. The summed E-state index contributed by atoms with van der Waals surface area (Å²) in [5.41, 5.74) is 3.45. The number of carbonyl (C=O) groups excluding carboxylic acids is 1. The highest BCUT2D eigenvalue weighted by Crippen LogP contribution is 2.36. The Morgan fingerprint density at radius 3 is 2.36 bits per heavy atom. The average Bonchev–Trinajstić information content (AvgIpc) is 2.28. The number of hydrogen-bond acceptors (Lipinski definition) is 3. The summed E-state index contributed by atoms with van der Waals surface area (Å²) >= 11 is 0. The third-order valence-corrected chi connectivity index (χ3v) is 4.00. The number of likely N-dealkylation sites (tertiary alicyclic amines) is 1. The van der Waals surface area contributed by atoms with Gasteiger partial charge < -0.3 is 15.4 Å². The number of nitrogens with zero attached hydrogens (tertiary/aromatic N) is 1. The number of halogens is 2. The zero-order chi connectivity index (χ0) is 17.3. The van der Waals surface area contributed by atoms with E-state index in [0.717, 1.165) is 6.42 Å². The van der Waals surface area contributed by atoms with Crippen molar-refractivity contribution in [2.45, 2.75) is 84.4 Å². The standard InChI is InChI=1S/C16H30F2N2O2/c1-14(2,3)22-13(21)20-10-15(4,5)8-7-11(20)9-16(6,19)12(17)18/h11-12H,7-10,19H2,1-6H3. The molecule has 130 valence electrons. The highest BCUT2D eigenvalue weighted by molar-refractivity contribution is 5.68. The summed E-state index contributed by atoms with van der Waals surface area (Å²) in [6.07, 6.45) is -1.47. The molecular weight excluding hydrogens is 290 g/mol. The van der Waals surface area contributed by atoms with Crippen molar-refractivity contribution >= 4 is 6.09 Å². The first-order valence-corrected chi connectivity index (χ1v) is 7.80. The Morgan fingerprint density at radius 2 is 1.91 bits per heavy atom. The Kier molecular flexibility index (Phi) is 5.48. The number of nitrogens with two attached hydrogens (primary N) is 1. The van der Waals surface area contributed by atoms with Gasteiger partial charge in [-0.3, -0.25) is 0 Å². The summed E-state index contributed by atoms with van der Waals surface area (Å²) < 4.78 is 31.6. The van der Waals surface area contributed by atoms with Crippen LogP contribution in [-0.4, -0.2) is 41.1 Å². The fourth-order valence-electron chi connectivity index (χ4n) is 2.73. The fourth-order valence-corrected chi connectivity index (χ4v) is 2.73. The Bertz CT molecular complexity index is 403. The summed E-state index contributed by atoms with van der Waals surface area (Å²) in [6.45, 7) is 11.3. The predicted molar refractivity (Wildman–Crippen MR) is 83.0 cm³/mol. The van der Waals surface area contributed by atoms with Crippen molar-refractivity contribution in [2.75, 3.05) is 6.54 Å². The van der Waals surface area contributed by atoms with Gasteiger partial charge in [-0.1, -0.05) is 13.8 Å². The number of hydrogen-bond donors (Lipinski definition) is 1. The van der Waals surface area contributed by atoms with E-state index in [-0.39, 0.29) is 17.9 Å². The van der Waals surface area contributed by atoms with Gasteiger partial charge in [0, 0.05) is 12.6 Å². The normalized spacial score (nSPS) is 25.0. The number of alkyl halides is 2. The van der Waals surface area contributed by atoms with Crippen LogP contribution < -0.4 is 5.73 Å². The highest BCUT2D eigenvalue weighted by atomic mass is 19.3. The van der Waals surface area contributed by atoms with Crippen LogP contribution in [-0.2, 0) is 4.74 Å². The number of amides is 1. The van der Waals surface area contributed by atoms with Crippen LogP contribution in [0.3, 0.4) is 0 Å². The molecule has 0 radical (unpaired) electrons. The maximum absolute atomic E-state index is 13.1. The third kappa shape index (κ3) is 5.38. The highest BCUT2D eigenvalue weighted by Gasteiger charge is 2.42. The molecule has 1 aliphatic rings. The van der Waals surface area contributed by atoms with Crippen LogP contribution in [0.5, 0.6) is 0 Å². The van der Waals surface area contributed by atoms with Gasteiger partial charge in [-0.05, 0) is 52.4 Å². The van der Waals surface area contributed by atoms with Crippen molar-refractivity contribution in [1.82, 2.24) is 4.90 Å². The molecule has 0 aliphatic carbocycles. The van der Waals surface area contributed by atoms with E-state index in [9.17, 15) is 13.6 Å². The van der Waals surface area contributed by atoms with Crippen molar-refractivity contribution in [2.24, 2.45) is 11.1 Å². The second-order valence-electron chi connectivity index (χ2n) is 8.48. The second-order valence-corrected chi connectivity index (χ2v) is 8.48. The summed E-state index contributed by atoms with van der Waals surface area (Å²) in [7, 11) is 0. The van der Waals surface area contributed by atoms with Crippen LogP contribution in [0.2, 0.25) is 0 Å². The first kappa shape index (κ1) is 19.1. The van der Waals surface area contributed by atoms with Crippen molar-refractivity contribution < 1.29 is 18.3 Å². The monoisotopic (exact) mass is 320 g/mol. The van der Waals surface area contributed by atoms with Crippen molar-refractivity contribution in [3.8, 4) is 0 Å². The summed E-state index contributed by atoms with van der Waals surface area (Å²) in [4.78, 5) is 14.0. The molecule has 1 rings (SSSR count). The average molecular weight is 320 g/mol. The molecule has 0 aromatic carbocycles. The van der Waals surface area contributed by atoms with E-state index >= 15 is 0 Å². The minimum Gasteiger partial charge on any atom is -0.444 e. The summed E-state index contributed by atoms with van der Waals surface area (Å²) in [6, 6.07) is -0.313.